The molecule has 0 atom stereocenters. The predicted molar refractivity (Wildman–Crippen MR) is 106 cm³/mol. The highest BCUT2D eigenvalue weighted by atomic mass is 79.9. The Hall–Kier alpha value is -1.53. The number of nitrogens with two attached hydrogens (primary N) is 1. The molecule has 0 aliphatic rings. The molecular weight excluding hydrogens is 436 g/mol. The molecule has 0 aliphatic carbocycles. The average Bonchev–Trinajstić information content (AvgIpc) is 2.48. The Morgan fingerprint density at radius 1 is 1.17 bits per heavy atom. The molecule has 128 valence electrons. The highest BCUT2D eigenvalue weighted by Crippen LogP contribution is 2.32. The summed E-state index contributed by atoms with van der Waals surface area (Å²) in [6, 6.07) is 7.57. The first kappa shape index (κ1) is 18.8. The summed E-state index contributed by atoms with van der Waals surface area (Å²) in [5.41, 5.74) is 10.3. The zero-order chi connectivity index (χ0) is 17.9. The van der Waals surface area contributed by atoms with E-state index in [1.165, 1.54) is 0 Å². The fraction of sp³-hybridized carbons (Fsp3) is 0.278. The smallest absolute Gasteiger partial charge is 0.262 e. The van der Waals surface area contributed by atoms with Gasteiger partial charge in [0.1, 0.15) is 5.75 Å². The summed E-state index contributed by atoms with van der Waals surface area (Å²) >= 11 is 6.88. The summed E-state index contributed by atoms with van der Waals surface area (Å²) in [4.78, 5) is 12.3. The first-order chi connectivity index (χ1) is 11.3. The molecule has 24 heavy (non-hydrogen) atoms. The number of hydrogen-bond donors (Lipinski definition) is 2. The van der Waals surface area contributed by atoms with E-state index < -0.39 is 0 Å². The van der Waals surface area contributed by atoms with E-state index in [4.69, 9.17) is 10.5 Å². The van der Waals surface area contributed by atoms with Crippen molar-refractivity contribution < 1.29 is 9.53 Å². The summed E-state index contributed by atoms with van der Waals surface area (Å²) in [5.74, 6) is 0.463. The van der Waals surface area contributed by atoms with Crippen LogP contribution < -0.4 is 15.8 Å². The molecule has 0 radical (unpaired) electrons. The van der Waals surface area contributed by atoms with Gasteiger partial charge in [-0.15, -0.1) is 0 Å². The Bertz CT molecular complexity index is 753. The van der Waals surface area contributed by atoms with E-state index in [9.17, 15) is 4.79 Å². The van der Waals surface area contributed by atoms with Crippen LogP contribution in [0, 0.1) is 13.8 Å². The van der Waals surface area contributed by atoms with Crippen molar-refractivity contribution in [1.29, 1.82) is 0 Å². The van der Waals surface area contributed by atoms with E-state index >= 15 is 0 Å². The number of hydrogen-bond acceptors (Lipinski definition) is 3. The Morgan fingerprint density at radius 2 is 1.88 bits per heavy atom. The Kier molecular flexibility index (Phi) is 6.29. The Morgan fingerprint density at radius 3 is 2.50 bits per heavy atom. The van der Waals surface area contributed by atoms with Gasteiger partial charge >= 0.3 is 0 Å². The number of aryl methyl sites for hydroxylation is 3. The SMILES string of the molecule is CCc1cc(N)cc(C)c1NC(=O)COc1c(C)cc(Br)cc1Br. The summed E-state index contributed by atoms with van der Waals surface area (Å²) in [6.07, 6.45) is 0.791. The number of carbonyl (C=O) groups is 1. The second-order valence-electron chi connectivity index (χ2n) is 5.60. The van der Waals surface area contributed by atoms with Crippen molar-refractivity contribution in [3.8, 4) is 5.75 Å². The molecule has 0 saturated heterocycles. The molecule has 0 aromatic heterocycles. The molecule has 6 heteroatoms. The summed E-state index contributed by atoms with van der Waals surface area (Å²) < 4.78 is 7.45. The van der Waals surface area contributed by atoms with E-state index in [2.05, 4.69) is 37.2 Å². The number of benzene rings is 2. The topological polar surface area (TPSA) is 64.3 Å². The van der Waals surface area contributed by atoms with Crippen LogP contribution in [-0.2, 0) is 11.2 Å². The second-order valence-corrected chi connectivity index (χ2v) is 7.37. The lowest BCUT2D eigenvalue weighted by Crippen LogP contribution is -2.22. The van der Waals surface area contributed by atoms with Crippen LogP contribution in [0.3, 0.4) is 0 Å². The van der Waals surface area contributed by atoms with Crippen molar-refractivity contribution in [3.63, 3.8) is 0 Å². The second kappa shape index (κ2) is 8.03. The van der Waals surface area contributed by atoms with Crippen LogP contribution in [0.1, 0.15) is 23.6 Å². The first-order valence-corrected chi connectivity index (χ1v) is 9.17. The largest absolute Gasteiger partial charge is 0.482 e. The number of amides is 1. The number of ether oxygens (including phenoxy) is 1. The zero-order valence-electron chi connectivity index (χ0n) is 13.9. The number of anilines is 2. The summed E-state index contributed by atoms with van der Waals surface area (Å²) in [5, 5.41) is 2.93. The van der Waals surface area contributed by atoms with Crippen molar-refractivity contribution in [1.82, 2.24) is 0 Å². The van der Waals surface area contributed by atoms with Crippen molar-refractivity contribution in [2.45, 2.75) is 27.2 Å². The quantitative estimate of drug-likeness (QED) is 0.624. The minimum atomic E-state index is -0.202. The maximum Gasteiger partial charge on any atom is 0.262 e. The summed E-state index contributed by atoms with van der Waals surface area (Å²) in [7, 11) is 0. The van der Waals surface area contributed by atoms with Gasteiger partial charge in [0.15, 0.2) is 6.61 Å². The van der Waals surface area contributed by atoms with Crippen LogP contribution in [0.15, 0.2) is 33.2 Å². The van der Waals surface area contributed by atoms with Crippen LogP contribution in [0.25, 0.3) is 0 Å². The Labute approximate surface area is 159 Å². The van der Waals surface area contributed by atoms with Crippen molar-refractivity contribution in [2.75, 3.05) is 17.7 Å². The van der Waals surface area contributed by atoms with Crippen LogP contribution in [-0.4, -0.2) is 12.5 Å². The van der Waals surface area contributed by atoms with Crippen molar-refractivity contribution >= 4 is 49.1 Å². The van der Waals surface area contributed by atoms with Gasteiger partial charge in [-0.25, -0.2) is 0 Å². The predicted octanol–water partition coefficient (Wildman–Crippen LogP) is 4.99. The van der Waals surface area contributed by atoms with E-state index in [1.807, 2.05) is 45.0 Å². The number of halogens is 2. The highest BCUT2D eigenvalue weighted by molar-refractivity contribution is 9.11. The standard InChI is InChI=1S/C18H20Br2N2O2/c1-4-12-7-14(21)6-10(2)17(12)22-16(23)9-24-18-11(3)5-13(19)8-15(18)20/h5-8H,4,9,21H2,1-3H3,(H,22,23). The number of nitrogen functional groups attached to an aromatic ring is 1. The zero-order valence-corrected chi connectivity index (χ0v) is 17.0. The number of rotatable bonds is 5. The molecule has 1 amide bonds. The first-order valence-electron chi connectivity index (χ1n) is 7.59. The fourth-order valence-electron chi connectivity index (χ4n) is 2.53. The molecule has 3 N–H and O–H groups in total. The lowest BCUT2D eigenvalue weighted by molar-refractivity contribution is -0.118. The van der Waals surface area contributed by atoms with Crippen LogP contribution >= 0.6 is 31.9 Å². The monoisotopic (exact) mass is 454 g/mol. The van der Waals surface area contributed by atoms with Gasteiger partial charge in [-0.2, -0.15) is 0 Å². The Balaban J connectivity index is 2.10. The minimum absolute atomic E-state index is 0.0615. The third kappa shape index (κ3) is 4.51. The van der Waals surface area contributed by atoms with Gasteiger partial charge in [0, 0.05) is 15.8 Å². The molecule has 0 heterocycles. The van der Waals surface area contributed by atoms with E-state index in [0.717, 1.165) is 37.7 Å². The molecule has 2 rings (SSSR count). The van der Waals surface area contributed by atoms with Crippen molar-refractivity contribution in [2.24, 2.45) is 0 Å². The number of nitrogens with one attached hydrogen (secondary N) is 1. The lowest BCUT2D eigenvalue weighted by atomic mass is 10.0. The van der Waals surface area contributed by atoms with E-state index in [1.54, 1.807) is 0 Å². The molecule has 2 aromatic rings. The molecule has 0 fully saturated rings. The van der Waals surface area contributed by atoms with Crippen LogP contribution in [0.5, 0.6) is 5.75 Å². The van der Waals surface area contributed by atoms with Gasteiger partial charge in [-0.1, -0.05) is 22.9 Å². The maximum atomic E-state index is 12.3. The molecule has 0 bridgehead atoms. The van der Waals surface area contributed by atoms with Crippen molar-refractivity contribution in [3.05, 3.63) is 49.9 Å². The molecule has 0 saturated carbocycles. The molecular formula is C18H20Br2N2O2. The van der Waals surface area contributed by atoms with Crippen LogP contribution in [0.4, 0.5) is 11.4 Å². The van der Waals surface area contributed by atoms with Gasteiger partial charge in [0.05, 0.1) is 4.47 Å². The van der Waals surface area contributed by atoms with Crippen LogP contribution in [0.2, 0.25) is 0 Å². The lowest BCUT2D eigenvalue weighted by Gasteiger charge is -2.15. The van der Waals surface area contributed by atoms with Gasteiger partial charge in [-0.3, -0.25) is 4.79 Å². The van der Waals surface area contributed by atoms with Gasteiger partial charge in [0.25, 0.3) is 5.91 Å². The van der Waals surface area contributed by atoms with Gasteiger partial charge < -0.3 is 15.8 Å². The maximum absolute atomic E-state index is 12.3. The molecule has 0 unspecified atom stereocenters. The third-order valence-electron chi connectivity index (χ3n) is 3.63. The van der Waals surface area contributed by atoms with E-state index in [0.29, 0.717) is 11.4 Å². The molecule has 4 nitrogen and oxygen atoms in total. The molecule has 0 spiro atoms. The minimum Gasteiger partial charge on any atom is -0.482 e. The molecule has 0 aliphatic heterocycles. The highest BCUT2D eigenvalue weighted by Gasteiger charge is 2.13. The van der Waals surface area contributed by atoms with E-state index in [-0.39, 0.29) is 12.5 Å². The normalized spacial score (nSPS) is 10.5. The molecule has 2 aromatic carbocycles. The van der Waals surface area contributed by atoms with Gasteiger partial charge in [-0.05, 0) is 77.2 Å². The van der Waals surface area contributed by atoms with Gasteiger partial charge in [0.2, 0.25) is 0 Å². The fourth-order valence-corrected chi connectivity index (χ4v) is 4.09. The third-order valence-corrected chi connectivity index (χ3v) is 4.67. The average molecular weight is 456 g/mol. The number of carbonyl (C=O) groups excluding carboxylic acids is 1. The summed E-state index contributed by atoms with van der Waals surface area (Å²) in [6.45, 7) is 5.83.